The monoisotopic (exact) mass is 455 g/mol. The fourth-order valence-corrected chi connectivity index (χ4v) is 4.02. The fraction of sp³-hybridized carbons (Fsp3) is 0.350. The van der Waals surface area contributed by atoms with Crippen LogP contribution in [0.15, 0.2) is 41.1 Å². The van der Waals surface area contributed by atoms with Gasteiger partial charge in [-0.1, -0.05) is 19.1 Å². The highest BCUT2D eigenvalue weighted by Gasteiger charge is 2.42. The van der Waals surface area contributed by atoms with Gasteiger partial charge in [0, 0.05) is 6.54 Å². The maximum absolute atomic E-state index is 13.8. The largest absolute Gasteiger partial charge is 0.435 e. The number of nitrogens with one attached hydrogen (secondary N) is 1. The Balaban J connectivity index is 1.88. The minimum absolute atomic E-state index is 0.0560. The number of benzene rings is 1. The maximum Gasteiger partial charge on any atom is 0.435 e. The van der Waals surface area contributed by atoms with E-state index in [1.165, 1.54) is 11.3 Å². The first-order chi connectivity index (χ1) is 14.8. The second-order valence-corrected chi connectivity index (χ2v) is 7.46. The number of rotatable bonds is 8. The molecular formula is C20H21F4N5OS. The van der Waals surface area contributed by atoms with E-state index in [-0.39, 0.29) is 18.3 Å². The average Bonchev–Trinajstić information content (AvgIpc) is 3.41. The highest BCUT2D eigenvalue weighted by Crippen LogP contribution is 2.33. The lowest BCUT2D eigenvalue weighted by molar-refractivity contribution is -0.143. The zero-order valence-electron chi connectivity index (χ0n) is 16.9. The Morgan fingerprint density at radius 3 is 2.42 bits per heavy atom. The Morgan fingerprint density at radius 1 is 1.19 bits per heavy atom. The molecule has 1 N–H and O–H groups in total. The molecule has 1 aromatic carbocycles. The average molecular weight is 455 g/mol. The van der Waals surface area contributed by atoms with Crippen LogP contribution in [0.2, 0.25) is 0 Å². The number of hydrogen-bond donors (Lipinski definition) is 1. The number of thiophene rings is 1. The van der Waals surface area contributed by atoms with E-state index in [2.05, 4.69) is 20.5 Å². The number of alkyl halides is 3. The van der Waals surface area contributed by atoms with Gasteiger partial charge in [0.2, 0.25) is 0 Å². The van der Waals surface area contributed by atoms with Crippen molar-refractivity contribution < 1.29 is 22.4 Å². The summed E-state index contributed by atoms with van der Waals surface area (Å²) in [7, 11) is 0. The van der Waals surface area contributed by atoms with Crippen LogP contribution < -0.4 is 5.32 Å². The number of likely N-dealkylation sites (N-methyl/N-ethyl adjacent to an activating group) is 1. The third-order valence-corrected chi connectivity index (χ3v) is 5.56. The zero-order valence-corrected chi connectivity index (χ0v) is 17.7. The number of aromatic nitrogens is 3. The molecule has 1 amide bonds. The molecule has 0 spiro atoms. The van der Waals surface area contributed by atoms with Gasteiger partial charge in [0.15, 0.2) is 11.4 Å². The molecule has 0 aliphatic rings. The fourth-order valence-electron chi connectivity index (χ4n) is 3.31. The predicted octanol–water partition coefficient (Wildman–Crippen LogP) is 4.30. The molecule has 0 saturated heterocycles. The highest BCUT2D eigenvalue weighted by molar-refractivity contribution is 7.07. The van der Waals surface area contributed by atoms with Crippen molar-refractivity contribution in [2.24, 2.45) is 0 Å². The first-order valence-corrected chi connectivity index (χ1v) is 10.5. The van der Waals surface area contributed by atoms with Crippen molar-refractivity contribution in [3.8, 4) is 5.69 Å². The van der Waals surface area contributed by atoms with E-state index >= 15 is 0 Å². The molecule has 3 rings (SSSR count). The van der Waals surface area contributed by atoms with Crippen molar-refractivity contribution >= 4 is 17.2 Å². The number of carbonyl (C=O) groups excluding carboxylic acids is 1. The molecule has 166 valence electrons. The van der Waals surface area contributed by atoms with Gasteiger partial charge >= 0.3 is 6.18 Å². The van der Waals surface area contributed by atoms with Gasteiger partial charge in [-0.3, -0.25) is 9.69 Å². The van der Waals surface area contributed by atoms with Crippen LogP contribution in [0.4, 0.5) is 17.6 Å². The number of nitrogens with zero attached hydrogens (tertiary/aromatic N) is 4. The van der Waals surface area contributed by atoms with Crippen LogP contribution in [0, 0.1) is 5.82 Å². The summed E-state index contributed by atoms with van der Waals surface area (Å²) in [5.41, 5.74) is -1.23. The van der Waals surface area contributed by atoms with E-state index in [0.717, 1.165) is 29.8 Å². The molecule has 2 aromatic heterocycles. The molecule has 0 radical (unpaired) electrons. The summed E-state index contributed by atoms with van der Waals surface area (Å²) in [4.78, 5) is 14.8. The molecule has 3 aromatic rings. The van der Waals surface area contributed by atoms with Gasteiger partial charge in [-0.2, -0.15) is 24.5 Å². The molecule has 0 saturated carbocycles. The number of halogens is 4. The van der Waals surface area contributed by atoms with E-state index < -0.39 is 29.3 Å². The topological polar surface area (TPSA) is 63.1 Å². The van der Waals surface area contributed by atoms with Crippen molar-refractivity contribution in [2.45, 2.75) is 26.1 Å². The summed E-state index contributed by atoms with van der Waals surface area (Å²) in [5.74, 6) is -1.58. The van der Waals surface area contributed by atoms with Crippen molar-refractivity contribution in [3.05, 3.63) is 63.9 Å². The van der Waals surface area contributed by atoms with Gasteiger partial charge in [0.25, 0.3) is 5.91 Å². The third kappa shape index (κ3) is 5.10. The van der Waals surface area contributed by atoms with Gasteiger partial charge < -0.3 is 5.32 Å². The Hall–Kier alpha value is -2.79. The number of hydrogen-bond acceptors (Lipinski definition) is 5. The Labute approximate surface area is 180 Å². The zero-order chi connectivity index (χ0) is 22.6. The molecule has 2 heterocycles. The molecule has 1 atom stereocenters. The molecule has 0 aliphatic heterocycles. The predicted molar refractivity (Wildman–Crippen MR) is 109 cm³/mol. The summed E-state index contributed by atoms with van der Waals surface area (Å²) in [6.07, 6.45) is -4.89. The quantitative estimate of drug-likeness (QED) is 0.515. The second kappa shape index (κ2) is 9.56. The van der Waals surface area contributed by atoms with E-state index in [4.69, 9.17) is 0 Å². The molecule has 0 fully saturated rings. The van der Waals surface area contributed by atoms with Crippen LogP contribution in [0.5, 0.6) is 0 Å². The first-order valence-electron chi connectivity index (χ1n) is 9.59. The van der Waals surface area contributed by atoms with Crippen molar-refractivity contribution in [1.29, 1.82) is 0 Å². The molecule has 6 nitrogen and oxygen atoms in total. The highest BCUT2D eigenvalue weighted by atomic mass is 32.1. The van der Waals surface area contributed by atoms with Gasteiger partial charge in [0.05, 0.1) is 11.7 Å². The van der Waals surface area contributed by atoms with E-state index in [9.17, 15) is 22.4 Å². The molecular weight excluding hydrogens is 434 g/mol. The summed E-state index contributed by atoms with van der Waals surface area (Å²) < 4.78 is 54.9. The molecule has 31 heavy (non-hydrogen) atoms. The minimum atomic E-state index is -4.89. The lowest BCUT2D eigenvalue weighted by Gasteiger charge is -2.29. The van der Waals surface area contributed by atoms with E-state index in [1.807, 2.05) is 30.7 Å². The van der Waals surface area contributed by atoms with E-state index in [1.54, 1.807) is 0 Å². The maximum atomic E-state index is 13.8. The summed E-state index contributed by atoms with van der Waals surface area (Å²) >= 11 is 1.50. The van der Waals surface area contributed by atoms with Crippen LogP contribution in [0.3, 0.4) is 0 Å². The molecule has 0 aliphatic carbocycles. The van der Waals surface area contributed by atoms with Gasteiger partial charge in [0.1, 0.15) is 5.82 Å². The van der Waals surface area contributed by atoms with Gasteiger partial charge in [-0.15, -0.1) is 5.10 Å². The first kappa shape index (κ1) is 22.9. The standard InChI is InChI=1S/C20H21F4N5OS/c1-3-28(4-2)16(13-9-10-31-12-13)11-25-19(30)17-18(20(22,23)24)29(27-26-17)15-7-5-14(21)6-8-15/h5-10,12,16H,3-4,11H2,1-2H3,(H,25,30). The lowest BCUT2D eigenvalue weighted by Crippen LogP contribution is -2.38. The van der Waals surface area contributed by atoms with Crippen LogP contribution in [0.25, 0.3) is 5.69 Å². The Bertz CT molecular complexity index is 998. The van der Waals surface area contributed by atoms with Gasteiger partial charge in [-0.05, 0) is 59.7 Å². The van der Waals surface area contributed by atoms with Crippen LogP contribution in [-0.2, 0) is 6.18 Å². The van der Waals surface area contributed by atoms with Crippen molar-refractivity contribution in [3.63, 3.8) is 0 Å². The number of amides is 1. The van der Waals surface area contributed by atoms with Crippen LogP contribution in [-0.4, -0.2) is 45.4 Å². The molecule has 11 heteroatoms. The molecule has 1 unspecified atom stereocenters. The summed E-state index contributed by atoms with van der Waals surface area (Å²) in [6.45, 7) is 5.47. The lowest BCUT2D eigenvalue weighted by atomic mass is 10.1. The minimum Gasteiger partial charge on any atom is -0.349 e. The summed E-state index contributed by atoms with van der Waals surface area (Å²) in [5, 5.41) is 13.4. The SMILES string of the molecule is CCN(CC)C(CNC(=O)c1nnn(-c2ccc(F)cc2)c1C(F)(F)F)c1ccsc1. The Morgan fingerprint density at radius 2 is 1.87 bits per heavy atom. The Kier molecular flexibility index (Phi) is 7.06. The van der Waals surface area contributed by atoms with Crippen LogP contribution >= 0.6 is 11.3 Å². The summed E-state index contributed by atoms with van der Waals surface area (Å²) in [6, 6.07) is 6.01. The van der Waals surface area contributed by atoms with Crippen molar-refractivity contribution in [2.75, 3.05) is 19.6 Å². The van der Waals surface area contributed by atoms with Gasteiger partial charge in [-0.25, -0.2) is 9.07 Å². The second-order valence-electron chi connectivity index (χ2n) is 6.68. The van der Waals surface area contributed by atoms with Crippen molar-refractivity contribution in [1.82, 2.24) is 25.2 Å². The van der Waals surface area contributed by atoms with Crippen LogP contribution in [0.1, 0.15) is 41.6 Å². The molecule has 0 bridgehead atoms. The number of carbonyl (C=O) groups is 1. The van der Waals surface area contributed by atoms with E-state index in [0.29, 0.717) is 17.8 Å². The normalized spacial score (nSPS) is 12.9. The smallest absolute Gasteiger partial charge is 0.349 e. The third-order valence-electron chi connectivity index (χ3n) is 4.86.